The maximum atomic E-state index is 13.6. The number of likely N-dealkylation sites (tertiary alicyclic amines) is 1. The molecule has 1 aliphatic heterocycles. The topological polar surface area (TPSA) is 41.6 Å². The Morgan fingerprint density at radius 3 is 2.78 bits per heavy atom. The monoisotopic (exact) mass is 370 g/mol. The molecule has 1 heterocycles. The lowest BCUT2D eigenvalue weighted by Gasteiger charge is -2.35. The van der Waals surface area contributed by atoms with Gasteiger partial charge in [-0.3, -0.25) is 9.69 Å². The van der Waals surface area contributed by atoms with Gasteiger partial charge in [0, 0.05) is 12.6 Å². The number of amides is 1. The van der Waals surface area contributed by atoms with Crippen molar-refractivity contribution < 1.29 is 13.9 Å². The molecule has 1 amide bonds. The molecule has 5 heteroatoms. The first-order chi connectivity index (χ1) is 13.2. The Bertz CT molecular complexity index is 748. The zero-order valence-corrected chi connectivity index (χ0v) is 15.8. The molecule has 0 spiro atoms. The van der Waals surface area contributed by atoms with Crippen LogP contribution >= 0.6 is 0 Å². The third-order valence-electron chi connectivity index (χ3n) is 5.09. The van der Waals surface area contributed by atoms with E-state index in [9.17, 15) is 9.18 Å². The lowest BCUT2D eigenvalue weighted by Crippen LogP contribution is -2.42. The largest absolute Gasteiger partial charge is 0.497 e. The summed E-state index contributed by atoms with van der Waals surface area (Å²) < 4.78 is 18.7. The van der Waals surface area contributed by atoms with Gasteiger partial charge in [-0.15, -0.1) is 0 Å². The number of carbonyl (C=O) groups is 1. The van der Waals surface area contributed by atoms with Gasteiger partial charge in [-0.25, -0.2) is 4.39 Å². The van der Waals surface area contributed by atoms with Crippen LogP contribution in [-0.4, -0.2) is 37.6 Å². The van der Waals surface area contributed by atoms with Crippen LogP contribution in [0.15, 0.2) is 48.5 Å². The molecule has 0 aromatic heterocycles. The third kappa shape index (κ3) is 5.54. The average Bonchev–Trinajstić information content (AvgIpc) is 2.69. The number of ether oxygens (including phenoxy) is 1. The fourth-order valence-corrected chi connectivity index (χ4v) is 3.65. The average molecular weight is 370 g/mol. The predicted molar refractivity (Wildman–Crippen MR) is 104 cm³/mol. The van der Waals surface area contributed by atoms with Gasteiger partial charge in [0.05, 0.1) is 13.7 Å². The summed E-state index contributed by atoms with van der Waals surface area (Å²) in [5.74, 6) is 0.630. The second-order valence-corrected chi connectivity index (χ2v) is 6.99. The Morgan fingerprint density at radius 2 is 2.04 bits per heavy atom. The normalized spacial score (nSPS) is 17.5. The van der Waals surface area contributed by atoms with E-state index in [1.54, 1.807) is 19.2 Å². The lowest BCUT2D eigenvalue weighted by molar-refractivity contribution is -0.123. The van der Waals surface area contributed by atoms with E-state index in [4.69, 9.17) is 4.74 Å². The summed E-state index contributed by atoms with van der Waals surface area (Å²) in [6, 6.07) is 14.7. The summed E-state index contributed by atoms with van der Waals surface area (Å²) in [5, 5.41) is 3.00. The summed E-state index contributed by atoms with van der Waals surface area (Å²) in [5.41, 5.74) is 2.12. The molecule has 3 rings (SSSR count). The highest BCUT2D eigenvalue weighted by Gasteiger charge is 2.25. The van der Waals surface area contributed by atoms with E-state index < -0.39 is 0 Å². The van der Waals surface area contributed by atoms with Crippen molar-refractivity contribution in [2.24, 2.45) is 0 Å². The minimum absolute atomic E-state index is 0.0202. The highest BCUT2D eigenvalue weighted by molar-refractivity contribution is 5.78. The quantitative estimate of drug-likeness (QED) is 0.808. The van der Waals surface area contributed by atoms with E-state index in [1.807, 2.05) is 30.3 Å². The number of halogens is 1. The van der Waals surface area contributed by atoms with Crippen molar-refractivity contribution in [1.29, 1.82) is 0 Å². The Morgan fingerprint density at radius 1 is 1.22 bits per heavy atom. The smallest absolute Gasteiger partial charge is 0.234 e. The number of carbonyl (C=O) groups excluding carboxylic acids is 1. The molecular weight excluding hydrogens is 343 g/mol. The van der Waals surface area contributed by atoms with Gasteiger partial charge in [-0.1, -0.05) is 30.7 Å². The molecule has 1 atom stereocenters. The maximum Gasteiger partial charge on any atom is 0.234 e. The van der Waals surface area contributed by atoms with E-state index in [1.165, 1.54) is 6.07 Å². The lowest BCUT2D eigenvalue weighted by atomic mass is 9.95. The van der Waals surface area contributed by atoms with Crippen molar-refractivity contribution in [1.82, 2.24) is 10.2 Å². The Hall–Kier alpha value is -2.40. The van der Waals surface area contributed by atoms with Gasteiger partial charge >= 0.3 is 0 Å². The SMILES string of the molecule is COc1ccc(CCNC(=O)CN2CCCCC2c2cccc(F)c2)cc1. The highest BCUT2D eigenvalue weighted by atomic mass is 19.1. The first kappa shape index (κ1) is 19.4. The van der Waals surface area contributed by atoms with Crippen LogP contribution in [0.1, 0.15) is 36.4 Å². The van der Waals surface area contributed by atoms with E-state index in [-0.39, 0.29) is 17.8 Å². The molecule has 1 unspecified atom stereocenters. The van der Waals surface area contributed by atoms with Gasteiger partial charge in [0.1, 0.15) is 11.6 Å². The Kier molecular flexibility index (Phi) is 6.82. The predicted octanol–water partition coefficient (Wildman–Crippen LogP) is 3.72. The summed E-state index contributed by atoms with van der Waals surface area (Å²) in [4.78, 5) is 14.6. The van der Waals surface area contributed by atoms with Crippen molar-refractivity contribution >= 4 is 5.91 Å². The zero-order valence-electron chi connectivity index (χ0n) is 15.8. The Balaban J connectivity index is 1.50. The van der Waals surface area contributed by atoms with Crippen molar-refractivity contribution in [2.75, 3.05) is 26.7 Å². The number of piperidine rings is 1. The van der Waals surface area contributed by atoms with Crippen LogP contribution in [0.25, 0.3) is 0 Å². The minimum Gasteiger partial charge on any atom is -0.497 e. The van der Waals surface area contributed by atoms with Crippen molar-refractivity contribution in [3.8, 4) is 5.75 Å². The van der Waals surface area contributed by atoms with Crippen LogP contribution in [0.3, 0.4) is 0 Å². The van der Waals surface area contributed by atoms with E-state index in [0.717, 1.165) is 49.1 Å². The summed E-state index contributed by atoms with van der Waals surface area (Å²) in [6.45, 7) is 1.82. The van der Waals surface area contributed by atoms with E-state index in [2.05, 4.69) is 10.2 Å². The van der Waals surface area contributed by atoms with Crippen LogP contribution < -0.4 is 10.1 Å². The third-order valence-corrected chi connectivity index (χ3v) is 5.09. The molecule has 2 aromatic rings. The van der Waals surface area contributed by atoms with Crippen LogP contribution in [-0.2, 0) is 11.2 Å². The van der Waals surface area contributed by atoms with Crippen molar-refractivity contribution in [3.05, 3.63) is 65.5 Å². The molecule has 2 aromatic carbocycles. The number of methoxy groups -OCH3 is 1. The van der Waals surface area contributed by atoms with E-state index in [0.29, 0.717) is 13.1 Å². The van der Waals surface area contributed by atoms with Crippen LogP contribution in [0.2, 0.25) is 0 Å². The van der Waals surface area contributed by atoms with Gasteiger partial charge < -0.3 is 10.1 Å². The standard InChI is InChI=1S/C22H27FN2O2/c1-27-20-10-8-17(9-11-20)12-13-24-22(26)16-25-14-3-2-7-21(25)18-5-4-6-19(23)15-18/h4-6,8-11,15,21H,2-3,7,12-14,16H2,1H3,(H,24,26). The number of hydrogen-bond donors (Lipinski definition) is 1. The summed E-state index contributed by atoms with van der Waals surface area (Å²) in [6.07, 6.45) is 3.92. The van der Waals surface area contributed by atoms with Crippen LogP contribution in [0, 0.1) is 5.82 Å². The van der Waals surface area contributed by atoms with Gasteiger partial charge in [-0.2, -0.15) is 0 Å². The number of hydrogen-bond acceptors (Lipinski definition) is 3. The number of nitrogens with one attached hydrogen (secondary N) is 1. The second-order valence-electron chi connectivity index (χ2n) is 6.99. The van der Waals surface area contributed by atoms with Gasteiger partial charge in [0.2, 0.25) is 5.91 Å². The molecule has 1 saturated heterocycles. The minimum atomic E-state index is -0.220. The molecule has 1 aliphatic rings. The molecule has 0 bridgehead atoms. The zero-order chi connectivity index (χ0) is 19.1. The Labute approximate surface area is 160 Å². The van der Waals surface area contributed by atoms with Gasteiger partial charge in [-0.05, 0) is 61.2 Å². The number of rotatable bonds is 7. The molecule has 0 aliphatic carbocycles. The van der Waals surface area contributed by atoms with Crippen molar-refractivity contribution in [2.45, 2.75) is 31.7 Å². The number of benzene rings is 2. The molecule has 0 radical (unpaired) electrons. The summed E-state index contributed by atoms with van der Waals surface area (Å²) >= 11 is 0. The first-order valence-electron chi connectivity index (χ1n) is 9.55. The van der Waals surface area contributed by atoms with Gasteiger partial charge in [0.15, 0.2) is 0 Å². The fraction of sp³-hybridized carbons (Fsp3) is 0.409. The molecule has 0 saturated carbocycles. The molecule has 144 valence electrons. The van der Waals surface area contributed by atoms with E-state index >= 15 is 0 Å². The van der Waals surface area contributed by atoms with Crippen LogP contribution in [0.5, 0.6) is 5.75 Å². The van der Waals surface area contributed by atoms with Crippen molar-refractivity contribution in [3.63, 3.8) is 0 Å². The fourth-order valence-electron chi connectivity index (χ4n) is 3.65. The number of nitrogens with zero attached hydrogens (tertiary/aromatic N) is 1. The maximum absolute atomic E-state index is 13.6. The molecule has 4 nitrogen and oxygen atoms in total. The second kappa shape index (κ2) is 9.51. The van der Waals surface area contributed by atoms with Gasteiger partial charge in [0.25, 0.3) is 0 Å². The molecule has 1 N–H and O–H groups in total. The molecule has 1 fully saturated rings. The highest BCUT2D eigenvalue weighted by Crippen LogP contribution is 2.30. The summed E-state index contributed by atoms with van der Waals surface area (Å²) in [7, 11) is 1.65. The molecule has 27 heavy (non-hydrogen) atoms. The molecular formula is C22H27FN2O2. The van der Waals surface area contributed by atoms with Crippen LogP contribution in [0.4, 0.5) is 4.39 Å². The first-order valence-corrected chi connectivity index (χ1v) is 9.55.